The van der Waals surface area contributed by atoms with Gasteiger partial charge >= 0.3 is 11.9 Å². The monoisotopic (exact) mass is 382 g/mol. The molecule has 0 unspecified atom stereocenters. The lowest BCUT2D eigenvalue weighted by Crippen LogP contribution is -2.14. The second-order valence-electron chi connectivity index (χ2n) is 4.62. The summed E-state index contributed by atoms with van der Waals surface area (Å²) in [5.74, 6) is -0.0995. The summed E-state index contributed by atoms with van der Waals surface area (Å²) >= 11 is 3.31. The quantitative estimate of drug-likeness (QED) is 0.713. The molecule has 7 heteroatoms. The van der Waals surface area contributed by atoms with Crippen LogP contribution in [0.5, 0.6) is 5.75 Å². The number of benzene rings is 1. The van der Waals surface area contributed by atoms with E-state index in [1.807, 2.05) is 6.07 Å². The third-order valence-corrected chi connectivity index (χ3v) is 3.36. The zero-order valence-electron chi connectivity index (χ0n) is 12.6. The van der Waals surface area contributed by atoms with Crippen LogP contribution in [-0.4, -0.2) is 25.7 Å². The highest BCUT2D eigenvalue weighted by atomic mass is 79.9. The number of carbonyl (C=O) groups excluding carboxylic acids is 2. The van der Waals surface area contributed by atoms with Gasteiger partial charge in [-0.15, -0.1) is 0 Å². The summed E-state index contributed by atoms with van der Waals surface area (Å²) in [6.07, 6.45) is 0. The molecule has 0 fully saturated rings. The molecule has 0 N–H and O–H groups in total. The van der Waals surface area contributed by atoms with Gasteiger partial charge in [-0.2, -0.15) is 0 Å². The SMILES string of the molecule is COC(=O)c1oc(COC(=O)COc2cccc(Br)c2)cc1C. The van der Waals surface area contributed by atoms with E-state index >= 15 is 0 Å². The minimum atomic E-state index is -0.571. The van der Waals surface area contributed by atoms with Gasteiger partial charge in [0.2, 0.25) is 5.76 Å². The Bertz CT molecular complexity index is 706. The molecule has 2 rings (SSSR count). The van der Waals surface area contributed by atoms with Gasteiger partial charge in [0.15, 0.2) is 6.61 Å². The molecule has 0 aliphatic rings. The van der Waals surface area contributed by atoms with Gasteiger partial charge in [-0.3, -0.25) is 0 Å². The molecule has 0 amide bonds. The third-order valence-electron chi connectivity index (χ3n) is 2.87. The number of esters is 2. The van der Waals surface area contributed by atoms with Crippen LogP contribution in [-0.2, 0) is 20.9 Å². The predicted molar refractivity (Wildman–Crippen MR) is 84.2 cm³/mol. The molecule has 0 saturated heterocycles. The van der Waals surface area contributed by atoms with Crippen LogP contribution in [0.1, 0.15) is 21.9 Å². The zero-order chi connectivity index (χ0) is 16.8. The Morgan fingerprint density at radius 1 is 1.26 bits per heavy atom. The van der Waals surface area contributed by atoms with E-state index in [1.54, 1.807) is 31.2 Å². The summed E-state index contributed by atoms with van der Waals surface area (Å²) in [6.45, 7) is 1.40. The number of carbonyl (C=O) groups is 2. The molecule has 0 atom stereocenters. The van der Waals surface area contributed by atoms with Gasteiger partial charge in [0.05, 0.1) is 7.11 Å². The molecule has 0 aliphatic heterocycles. The van der Waals surface area contributed by atoms with E-state index in [-0.39, 0.29) is 19.0 Å². The average Bonchev–Trinajstić information content (AvgIpc) is 2.91. The van der Waals surface area contributed by atoms with E-state index in [1.165, 1.54) is 7.11 Å². The van der Waals surface area contributed by atoms with E-state index in [9.17, 15) is 9.59 Å². The number of ether oxygens (including phenoxy) is 3. The summed E-state index contributed by atoms with van der Waals surface area (Å²) in [7, 11) is 1.27. The lowest BCUT2D eigenvalue weighted by molar-refractivity contribution is -0.147. The maximum absolute atomic E-state index is 11.7. The molecule has 0 spiro atoms. The molecule has 0 aliphatic carbocycles. The van der Waals surface area contributed by atoms with E-state index in [0.29, 0.717) is 17.1 Å². The first-order valence-electron chi connectivity index (χ1n) is 6.71. The number of hydrogen-bond donors (Lipinski definition) is 0. The molecule has 0 saturated carbocycles. The average molecular weight is 383 g/mol. The highest BCUT2D eigenvalue weighted by Crippen LogP contribution is 2.18. The number of rotatable bonds is 6. The fourth-order valence-corrected chi connectivity index (χ4v) is 2.19. The van der Waals surface area contributed by atoms with Gasteiger partial charge < -0.3 is 18.6 Å². The molecular formula is C16H15BrO6. The van der Waals surface area contributed by atoms with Crippen molar-refractivity contribution in [1.82, 2.24) is 0 Å². The van der Waals surface area contributed by atoms with E-state index < -0.39 is 11.9 Å². The molecule has 1 aromatic heterocycles. The van der Waals surface area contributed by atoms with Gasteiger partial charge in [-0.25, -0.2) is 9.59 Å². The first kappa shape index (κ1) is 17.1. The van der Waals surface area contributed by atoms with Gasteiger partial charge in [-0.1, -0.05) is 22.0 Å². The summed E-state index contributed by atoms with van der Waals surface area (Å²) in [4.78, 5) is 23.1. The second-order valence-corrected chi connectivity index (χ2v) is 5.54. The fraction of sp³-hybridized carbons (Fsp3) is 0.250. The summed E-state index contributed by atoms with van der Waals surface area (Å²) in [5.41, 5.74) is 0.619. The lowest BCUT2D eigenvalue weighted by atomic mass is 10.3. The number of methoxy groups -OCH3 is 1. The summed E-state index contributed by atoms with van der Waals surface area (Å²) in [5, 5.41) is 0. The van der Waals surface area contributed by atoms with Crippen LogP contribution in [0.25, 0.3) is 0 Å². The van der Waals surface area contributed by atoms with Crippen LogP contribution < -0.4 is 4.74 Å². The van der Waals surface area contributed by atoms with Gasteiger partial charge in [0, 0.05) is 10.0 Å². The summed E-state index contributed by atoms with van der Waals surface area (Å²) < 4.78 is 21.1. The minimum absolute atomic E-state index is 0.0848. The molecule has 0 radical (unpaired) electrons. The maximum atomic E-state index is 11.7. The maximum Gasteiger partial charge on any atom is 0.374 e. The standard InChI is InChI=1S/C16H15BrO6/c1-10-6-13(23-15(10)16(19)20-2)8-22-14(18)9-21-12-5-3-4-11(17)7-12/h3-7H,8-9H2,1-2H3. The minimum Gasteiger partial charge on any atom is -0.482 e. The van der Waals surface area contributed by atoms with Crippen molar-refractivity contribution in [3.05, 3.63) is 51.9 Å². The van der Waals surface area contributed by atoms with E-state index in [2.05, 4.69) is 20.7 Å². The van der Waals surface area contributed by atoms with Crippen LogP contribution in [0.2, 0.25) is 0 Å². The van der Waals surface area contributed by atoms with Crippen molar-refractivity contribution in [3.8, 4) is 5.75 Å². The number of aryl methyl sites for hydroxylation is 1. The largest absolute Gasteiger partial charge is 0.482 e. The number of furan rings is 1. The smallest absolute Gasteiger partial charge is 0.374 e. The molecule has 6 nitrogen and oxygen atoms in total. The van der Waals surface area contributed by atoms with Crippen molar-refractivity contribution in [1.29, 1.82) is 0 Å². The van der Waals surface area contributed by atoms with E-state index in [4.69, 9.17) is 13.9 Å². The Morgan fingerprint density at radius 3 is 2.74 bits per heavy atom. The molecular weight excluding hydrogens is 368 g/mol. The Kier molecular flexibility index (Phi) is 5.81. The Labute approximate surface area is 141 Å². The number of halogens is 1. The van der Waals surface area contributed by atoms with Crippen molar-refractivity contribution in [3.63, 3.8) is 0 Å². The Hall–Kier alpha value is -2.28. The Morgan fingerprint density at radius 2 is 2.04 bits per heavy atom. The fourth-order valence-electron chi connectivity index (χ4n) is 1.81. The van der Waals surface area contributed by atoms with Crippen LogP contribution in [0, 0.1) is 6.92 Å². The topological polar surface area (TPSA) is 75.0 Å². The zero-order valence-corrected chi connectivity index (χ0v) is 14.2. The molecule has 1 heterocycles. The first-order valence-corrected chi connectivity index (χ1v) is 7.50. The van der Waals surface area contributed by atoms with Crippen molar-refractivity contribution in [2.75, 3.05) is 13.7 Å². The highest BCUT2D eigenvalue weighted by Gasteiger charge is 2.17. The normalized spacial score (nSPS) is 10.2. The van der Waals surface area contributed by atoms with Crippen LogP contribution >= 0.6 is 15.9 Å². The van der Waals surface area contributed by atoms with Crippen molar-refractivity contribution in [2.45, 2.75) is 13.5 Å². The second kappa shape index (κ2) is 7.82. The summed E-state index contributed by atoms with van der Waals surface area (Å²) in [6, 6.07) is 8.74. The van der Waals surface area contributed by atoms with Crippen LogP contribution in [0.15, 0.2) is 39.2 Å². The molecule has 122 valence electrons. The van der Waals surface area contributed by atoms with Crippen molar-refractivity contribution in [2.24, 2.45) is 0 Å². The number of hydrogen-bond acceptors (Lipinski definition) is 6. The van der Waals surface area contributed by atoms with Crippen molar-refractivity contribution >= 4 is 27.9 Å². The third kappa shape index (κ3) is 4.85. The predicted octanol–water partition coefficient (Wildman–Crippen LogP) is 3.26. The molecule has 0 bridgehead atoms. The van der Waals surface area contributed by atoms with Gasteiger partial charge in [0.1, 0.15) is 18.1 Å². The van der Waals surface area contributed by atoms with Gasteiger partial charge in [-0.05, 0) is 31.2 Å². The molecule has 2 aromatic rings. The van der Waals surface area contributed by atoms with E-state index in [0.717, 1.165) is 4.47 Å². The van der Waals surface area contributed by atoms with Gasteiger partial charge in [0.25, 0.3) is 0 Å². The first-order chi connectivity index (χ1) is 11.0. The highest BCUT2D eigenvalue weighted by molar-refractivity contribution is 9.10. The molecule has 23 heavy (non-hydrogen) atoms. The molecule has 1 aromatic carbocycles. The van der Waals surface area contributed by atoms with Crippen molar-refractivity contribution < 1.29 is 28.2 Å². The van der Waals surface area contributed by atoms with Crippen LogP contribution in [0.3, 0.4) is 0 Å². The Balaban J connectivity index is 1.84. The van der Waals surface area contributed by atoms with Crippen LogP contribution in [0.4, 0.5) is 0 Å². The lowest BCUT2D eigenvalue weighted by Gasteiger charge is -2.06.